The lowest BCUT2D eigenvalue weighted by molar-refractivity contribution is -0.141. The molecule has 0 saturated heterocycles. The van der Waals surface area contributed by atoms with Gasteiger partial charge in [0.1, 0.15) is 11.6 Å². The van der Waals surface area contributed by atoms with Crippen LogP contribution in [0, 0.1) is 5.82 Å². The summed E-state index contributed by atoms with van der Waals surface area (Å²) in [6.45, 7) is 0. The minimum absolute atomic E-state index is 0.118. The number of benzene rings is 2. The molecule has 3 aromatic rings. The molecular formula is C18H14F4N4O. The van der Waals surface area contributed by atoms with E-state index in [4.69, 9.17) is 0 Å². The summed E-state index contributed by atoms with van der Waals surface area (Å²) in [5, 5.41) is 8.54. The van der Waals surface area contributed by atoms with Crippen LogP contribution in [0.2, 0.25) is 0 Å². The summed E-state index contributed by atoms with van der Waals surface area (Å²) in [7, 11) is 1.29. The number of para-hydroxylation sites is 2. The number of anilines is 3. The molecule has 1 heterocycles. The molecule has 1 amide bonds. The molecule has 0 bridgehead atoms. The fourth-order valence-electron chi connectivity index (χ4n) is 2.40. The normalized spacial score (nSPS) is 11.3. The highest BCUT2D eigenvalue weighted by Crippen LogP contribution is 2.30. The number of carbonyl (C=O) groups is 1. The Morgan fingerprint density at radius 1 is 1.04 bits per heavy atom. The number of hydrogen-bond donors (Lipinski definition) is 2. The van der Waals surface area contributed by atoms with Crippen molar-refractivity contribution in [2.24, 2.45) is 7.05 Å². The molecule has 140 valence electrons. The zero-order valence-electron chi connectivity index (χ0n) is 14.0. The second-order valence-electron chi connectivity index (χ2n) is 5.64. The van der Waals surface area contributed by atoms with Crippen molar-refractivity contribution in [3.8, 4) is 0 Å². The number of carbonyl (C=O) groups excluding carboxylic acids is 1. The van der Waals surface area contributed by atoms with E-state index in [9.17, 15) is 22.4 Å². The number of alkyl halides is 3. The molecule has 0 aliphatic heterocycles. The van der Waals surface area contributed by atoms with Gasteiger partial charge in [0.25, 0.3) is 5.91 Å². The summed E-state index contributed by atoms with van der Waals surface area (Å²) < 4.78 is 53.0. The number of hydrogen-bond acceptors (Lipinski definition) is 3. The summed E-state index contributed by atoms with van der Waals surface area (Å²) in [5.41, 5.74) is -0.510. The fourth-order valence-corrected chi connectivity index (χ4v) is 2.40. The molecule has 0 radical (unpaired) electrons. The number of rotatable bonds is 4. The lowest BCUT2D eigenvalue weighted by atomic mass is 10.1. The first kappa shape index (κ1) is 18.4. The average molecular weight is 378 g/mol. The van der Waals surface area contributed by atoms with Gasteiger partial charge in [0.2, 0.25) is 0 Å². The van der Waals surface area contributed by atoms with Crippen LogP contribution in [0.4, 0.5) is 34.8 Å². The molecule has 27 heavy (non-hydrogen) atoms. The molecule has 3 rings (SSSR count). The van der Waals surface area contributed by atoms with Gasteiger partial charge in [-0.25, -0.2) is 4.39 Å². The molecule has 0 saturated carbocycles. The van der Waals surface area contributed by atoms with Crippen LogP contribution < -0.4 is 10.6 Å². The summed E-state index contributed by atoms with van der Waals surface area (Å²) in [6, 6.07) is 12.9. The lowest BCUT2D eigenvalue weighted by Crippen LogP contribution is -2.16. The van der Waals surface area contributed by atoms with Gasteiger partial charge in [0, 0.05) is 13.1 Å². The Hall–Kier alpha value is -3.36. The van der Waals surface area contributed by atoms with Gasteiger partial charge in [0.05, 0.1) is 16.9 Å². The van der Waals surface area contributed by atoms with Crippen molar-refractivity contribution in [3.63, 3.8) is 0 Å². The van der Waals surface area contributed by atoms with E-state index < -0.39 is 23.6 Å². The molecule has 0 atom stereocenters. The Balaban J connectivity index is 1.86. The summed E-state index contributed by atoms with van der Waals surface area (Å²) in [4.78, 5) is 12.6. The number of halogens is 4. The molecule has 5 nitrogen and oxygen atoms in total. The van der Waals surface area contributed by atoms with Crippen molar-refractivity contribution in [2.45, 2.75) is 6.18 Å². The van der Waals surface area contributed by atoms with E-state index in [2.05, 4.69) is 15.7 Å². The summed E-state index contributed by atoms with van der Waals surface area (Å²) in [6.07, 6.45) is -4.62. The monoisotopic (exact) mass is 378 g/mol. The van der Waals surface area contributed by atoms with E-state index in [0.29, 0.717) is 5.69 Å². The third kappa shape index (κ3) is 4.08. The predicted octanol–water partition coefficient (Wildman–Crippen LogP) is 4.57. The Bertz CT molecular complexity index is 981. The zero-order chi connectivity index (χ0) is 19.6. The van der Waals surface area contributed by atoms with Gasteiger partial charge in [-0.1, -0.05) is 24.3 Å². The van der Waals surface area contributed by atoms with E-state index in [1.54, 1.807) is 24.3 Å². The van der Waals surface area contributed by atoms with E-state index in [0.717, 1.165) is 10.7 Å². The molecule has 0 spiro atoms. The largest absolute Gasteiger partial charge is 0.435 e. The van der Waals surface area contributed by atoms with Crippen molar-refractivity contribution in [2.75, 3.05) is 10.6 Å². The van der Waals surface area contributed by atoms with Gasteiger partial charge in [0.15, 0.2) is 5.69 Å². The Morgan fingerprint density at radius 3 is 2.30 bits per heavy atom. The van der Waals surface area contributed by atoms with Gasteiger partial charge in [-0.3, -0.25) is 9.48 Å². The highest BCUT2D eigenvalue weighted by molar-refractivity contribution is 6.08. The molecule has 0 aliphatic carbocycles. The van der Waals surface area contributed by atoms with Gasteiger partial charge in [-0.2, -0.15) is 18.3 Å². The maximum Gasteiger partial charge on any atom is 0.435 e. The molecule has 1 aromatic heterocycles. The van der Waals surface area contributed by atoms with Gasteiger partial charge in [-0.15, -0.1) is 0 Å². The van der Waals surface area contributed by atoms with Gasteiger partial charge < -0.3 is 10.6 Å². The summed E-state index contributed by atoms with van der Waals surface area (Å²) >= 11 is 0. The highest BCUT2D eigenvalue weighted by Gasteiger charge is 2.34. The topological polar surface area (TPSA) is 59.0 Å². The van der Waals surface area contributed by atoms with Crippen LogP contribution in [0.3, 0.4) is 0 Å². The van der Waals surface area contributed by atoms with E-state index in [1.165, 1.54) is 31.3 Å². The van der Waals surface area contributed by atoms with Crippen LogP contribution in [-0.4, -0.2) is 15.7 Å². The second kappa shape index (κ2) is 7.10. The zero-order valence-corrected chi connectivity index (χ0v) is 14.0. The Kier molecular flexibility index (Phi) is 4.85. The molecule has 0 fully saturated rings. The molecule has 2 N–H and O–H groups in total. The van der Waals surface area contributed by atoms with Gasteiger partial charge in [-0.05, 0) is 24.3 Å². The number of nitrogens with one attached hydrogen (secondary N) is 2. The molecule has 2 aromatic carbocycles. The minimum atomic E-state index is -4.62. The van der Waals surface area contributed by atoms with E-state index in [1.807, 2.05) is 0 Å². The Morgan fingerprint density at radius 2 is 1.67 bits per heavy atom. The van der Waals surface area contributed by atoms with Crippen LogP contribution in [0.25, 0.3) is 0 Å². The van der Waals surface area contributed by atoms with Crippen molar-refractivity contribution < 1.29 is 22.4 Å². The maximum absolute atomic E-state index is 13.8. The summed E-state index contributed by atoms with van der Waals surface area (Å²) in [5.74, 6) is -1.28. The van der Waals surface area contributed by atoms with Crippen LogP contribution in [0.15, 0.2) is 54.6 Å². The Labute approximate surface area is 151 Å². The number of nitrogens with zero attached hydrogens (tertiary/aromatic N) is 2. The van der Waals surface area contributed by atoms with Crippen molar-refractivity contribution >= 4 is 23.1 Å². The van der Waals surface area contributed by atoms with Crippen LogP contribution >= 0.6 is 0 Å². The second-order valence-corrected chi connectivity index (χ2v) is 5.64. The molecule has 0 aliphatic rings. The highest BCUT2D eigenvalue weighted by atomic mass is 19.4. The first-order valence-electron chi connectivity index (χ1n) is 7.79. The molecule has 0 unspecified atom stereocenters. The average Bonchev–Trinajstić information content (AvgIpc) is 2.98. The van der Waals surface area contributed by atoms with Crippen LogP contribution in [-0.2, 0) is 13.2 Å². The maximum atomic E-state index is 13.8. The quantitative estimate of drug-likeness (QED) is 0.654. The van der Waals surface area contributed by atoms with Crippen molar-refractivity contribution in [3.05, 3.63) is 71.7 Å². The smallest absolute Gasteiger partial charge is 0.352 e. The number of amides is 1. The predicted molar refractivity (Wildman–Crippen MR) is 92.3 cm³/mol. The first-order valence-corrected chi connectivity index (χ1v) is 7.79. The fraction of sp³-hybridized carbons (Fsp3) is 0.111. The van der Waals surface area contributed by atoms with Crippen LogP contribution in [0.5, 0.6) is 0 Å². The van der Waals surface area contributed by atoms with E-state index >= 15 is 0 Å². The standard InChI is InChI=1S/C18H14F4N4O/c1-26-16(10-15(25-26)18(20,21)22)24-17(27)11-6-2-4-8-13(11)23-14-9-5-3-7-12(14)19/h2-10,23H,1H3,(H,24,27). The van der Waals surface area contributed by atoms with E-state index in [-0.39, 0.29) is 17.1 Å². The molecule has 9 heteroatoms. The van der Waals surface area contributed by atoms with Crippen molar-refractivity contribution in [1.29, 1.82) is 0 Å². The van der Waals surface area contributed by atoms with Gasteiger partial charge >= 0.3 is 6.18 Å². The number of aromatic nitrogens is 2. The van der Waals surface area contributed by atoms with Crippen LogP contribution in [0.1, 0.15) is 16.1 Å². The third-order valence-electron chi connectivity index (χ3n) is 3.73. The lowest BCUT2D eigenvalue weighted by Gasteiger charge is -2.12. The molecular weight excluding hydrogens is 364 g/mol. The minimum Gasteiger partial charge on any atom is -0.352 e. The first-order chi connectivity index (χ1) is 12.8. The van der Waals surface area contributed by atoms with Crippen molar-refractivity contribution in [1.82, 2.24) is 9.78 Å². The number of aryl methyl sites for hydroxylation is 1. The third-order valence-corrected chi connectivity index (χ3v) is 3.73. The SMILES string of the molecule is Cn1nc(C(F)(F)F)cc1NC(=O)c1ccccc1Nc1ccccc1F.